The van der Waals surface area contributed by atoms with Crippen molar-refractivity contribution < 1.29 is 19.4 Å². The fourth-order valence-corrected chi connectivity index (χ4v) is 5.18. The SMILES string of the molecule is CCOc1ccc2ccccc2c1C(=O)N1CCc2c(c3cc(Br)ccc3n2CC(=O)O)C1. The molecule has 168 valence electrons. The van der Waals surface area contributed by atoms with Gasteiger partial charge in [0.15, 0.2) is 0 Å². The van der Waals surface area contributed by atoms with E-state index in [0.717, 1.165) is 37.4 Å². The van der Waals surface area contributed by atoms with Crippen LogP contribution in [0, 0.1) is 0 Å². The van der Waals surface area contributed by atoms with Crippen LogP contribution in [0.5, 0.6) is 5.75 Å². The molecule has 7 heteroatoms. The fourth-order valence-electron chi connectivity index (χ4n) is 4.82. The monoisotopic (exact) mass is 506 g/mol. The molecule has 0 spiro atoms. The minimum absolute atomic E-state index is 0.0740. The third-order valence-electron chi connectivity index (χ3n) is 6.20. The van der Waals surface area contributed by atoms with E-state index in [1.165, 1.54) is 0 Å². The molecule has 6 nitrogen and oxygen atoms in total. The number of aromatic nitrogens is 1. The second-order valence-corrected chi connectivity index (χ2v) is 9.05. The van der Waals surface area contributed by atoms with E-state index < -0.39 is 5.97 Å². The number of aliphatic carboxylic acids is 1. The molecule has 5 rings (SSSR count). The first kappa shape index (κ1) is 21.5. The number of amides is 1. The van der Waals surface area contributed by atoms with Crippen molar-refractivity contribution >= 4 is 49.5 Å². The number of nitrogens with zero attached hydrogens (tertiary/aromatic N) is 2. The van der Waals surface area contributed by atoms with E-state index in [2.05, 4.69) is 15.9 Å². The molecule has 1 aliphatic rings. The first-order valence-corrected chi connectivity index (χ1v) is 11.7. The lowest BCUT2D eigenvalue weighted by Gasteiger charge is -2.29. The minimum atomic E-state index is -0.881. The van der Waals surface area contributed by atoms with E-state index in [9.17, 15) is 14.7 Å². The Morgan fingerprint density at radius 3 is 2.70 bits per heavy atom. The van der Waals surface area contributed by atoms with Gasteiger partial charge in [0.05, 0.1) is 12.2 Å². The van der Waals surface area contributed by atoms with E-state index in [1.54, 1.807) is 0 Å². The highest BCUT2D eigenvalue weighted by atomic mass is 79.9. The third-order valence-corrected chi connectivity index (χ3v) is 6.69. The quantitative estimate of drug-likeness (QED) is 0.401. The van der Waals surface area contributed by atoms with Crippen molar-refractivity contribution in [2.45, 2.75) is 26.4 Å². The molecule has 0 radical (unpaired) electrons. The summed E-state index contributed by atoms with van der Waals surface area (Å²) in [5, 5.41) is 12.3. The maximum Gasteiger partial charge on any atom is 0.323 e. The van der Waals surface area contributed by atoms with Gasteiger partial charge >= 0.3 is 5.97 Å². The zero-order valence-electron chi connectivity index (χ0n) is 18.2. The van der Waals surface area contributed by atoms with Crippen LogP contribution in [-0.2, 0) is 24.3 Å². The predicted molar refractivity (Wildman–Crippen MR) is 131 cm³/mol. The van der Waals surface area contributed by atoms with Crippen molar-refractivity contribution in [2.75, 3.05) is 13.2 Å². The lowest BCUT2D eigenvalue weighted by atomic mass is 9.99. The van der Waals surface area contributed by atoms with Crippen LogP contribution >= 0.6 is 15.9 Å². The number of fused-ring (bicyclic) bond motifs is 4. The highest BCUT2D eigenvalue weighted by Crippen LogP contribution is 2.35. The maximum atomic E-state index is 13.8. The smallest absolute Gasteiger partial charge is 0.323 e. The highest BCUT2D eigenvalue weighted by Gasteiger charge is 2.30. The Hall–Kier alpha value is -3.32. The summed E-state index contributed by atoms with van der Waals surface area (Å²) in [5.41, 5.74) is 3.44. The van der Waals surface area contributed by atoms with Crippen LogP contribution < -0.4 is 4.74 Å². The van der Waals surface area contributed by atoms with E-state index in [4.69, 9.17) is 4.74 Å². The first-order chi connectivity index (χ1) is 16.0. The van der Waals surface area contributed by atoms with Crippen LogP contribution in [0.3, 0.4) is 0 Å². The van der Waals surface area contributed by atoms with Crippen LogP contribution in [0.15, 0.2) is 59.1 Å². The number of hydrogen-bond donors (Lipinski definition) is 1. The zero-order valence-corrected chi connectivity index (χ0v) is 19.8. The van der Waals surface area contributed by atoms with Crippen LogP contribution in [0.1, 0.15) is 28.5 Å². The molecule has 33 heavy (non-hydrogen) atoms. The number of hydrogen-bond acceptors (Lipinski definition) is 3. The summed E-state index contributed by atoms with van der Waals surface area (Å²) in [6.07, 6.45) is 0.593. The molecule has 4 aromatic rings. The van der Waals surface area contributed by atoms with Crippen molar-refractivity contribution in [1.82, 2.24) is 9.47 Å². The average molecular weight is 507 g/mol. The van der Waals surface area contributed by atoms with Gasteiger partial charge in [-0.15, -0.1) is 0 Å². The minimum Gasteiger partial charge on any atom is -0.493 e. The third kappa shape index (κ3) is 3.76. The molecule has 3 aromatic carbocycles. The Bertz CT molecular complexity index is 1410. The normalized spacial score (nSPS) is 13.3. The van der Waals surface area contributed by atoms with Crippen molar-refractivity contribution in [3.63, 3.8) is 0 Å². The molecule has 1 aliphatic heterocycles. The van der Waals surface area contributed by atoms with Crippen molar-refractivity contribution in [3.05, 3.63) is 75.9 Å². The van der Waals surface area contributed by atoms with Gasteiger partial charge in [-0.1, -0.05) is 46.3 Å². The summed E-state index contributed by atoms with van der Waals surface area (Å²) in [6, 6.07) is 17.5. The van der Waals surface area contributed by atoms with Crippen molar-refractivity contribution in [3.8, 4) is 5.75 Å². The van der Waals surface area contributed by atoms with E-state index >= 15 is 0 Å². The Labute approximate surface area is 199 Å². The lowest BCUT2D eigenvalue weighted by Crippen LogP contribution is -2.36. The van der Waals surface area contributed by atoms with Gasteiger partial charge < -0.3 is 19.3 Å². The number of carbonyl (C=O) groups excluding carboxylic acids is 1. The molecule has 0 saturated carbocycles. The molecule has 0 unspecified atom stereocenters. The van der Waals surface area contributed by atoms with Crippen molar-refractivity contribution in [1.29, 1.82) is 0 Å². The molecule has 0 fully saturated rings. The number of carboxylic acid groups (broad SMARTS) is 1. The number of benzene rings is 3. The second kappa shape index (κ2) is 8.56. The van der Waals surface area contributed by atoms with E-state index in [0.29, 0.717) is 37.4 Å². The van der Waals surface area contributed by atoms with E-state index in [-0.39, 0.29) is 12.5 Å². The van der Waals surface area contributed by atoms with Gasteiger partial charge in [-0.05, 0) is 42.0 Å². The van der Waals surface area contributed by atoms with Crippen LogP contribution in [0.2, 0.25) is 0 Å². The molecule has 0 atom stereocenters. The standard InChI is InChI=1S/C26H23BrN2O4/c1-2-33-23-10-7-16-5-3-4-6-18(16)25(23)26(32)28-12-11-22-20(14-28)19-13-17(27)8-9-21(19)29(22)15-24(30)31/h3-10,13H,2,11-12,14-15H2,1H3,(H,30,31). The average Bonchev–Trinajstić information content (AvgIpc) is 3.10. The van der Waals surface area contributed by atoms with Gasteiger partial charge in [0.2, 0.25) is 0 Å². The second-order valence-electron chi connectivity index (χ2n) is 8.14. The van der Waals surface area contributed by atoms with Gasteiger partial charge in [-0.3, -0.25) is 9.59 Å². The summed E-state index contributed by atoms with van der Waals surface area (Å²) in [4.78, 5) is 27.2. The Morgan fingerprint density at radius 1 is 1.09 bits per heavy atom. The molecular weight excluding hydrogens is 484 g/mol. The maximum absolute atomic E-state index is 13.8. The molecule has 1 N–H and O–H groups in total. The number of ether oxygens (including phenoxy) is 1. The Kier molecular flexibility index (Phi) is 5.58. The summed E-state index contributed by atoms with van der Waals surface area (Å²) >= 11 is 3.53. The zero-order chi connectivity index (χ0) is 23.1. The Balaban J connectivity index is 1.60. The predicted octanol–water partition coefficient (Wildman–Crippen LogP) is 5.24. The Morgan fingerprint density at radius 2 is 1.91 bits per heavy atom. The molecule has 0 bridgehead atoms. The van der Waals surface area contributed by atoms with Crippen LogP contribution in [0.25, 0.3) is 21.7 Å². The molecule has 1 aromatic heterocycles. The number of carboxylic acids is 1. The van der Waals surface area contributed by atoms with Gasteiger partial charge in [0, 0.05) is 46.1 Å². The lowest BCUT2D eigenvalue weighted by molar-refractivity contribution is -0.137. The van der Waals surface area contributed by atoms with Crippen molar-refractivity contribution in [2.24, 2.45) is 0 Å². The molecule has 0 saturated heterocycles. The van der Waals surface area contributed by atoms with Crippen LogP contribution in [-0.4, -0.2) is 39.6 Å². The number of halogens is 1. The highest BCUT2D eigenvalue weighted by molar-refractivity contribution is 9.10. The topological polar surface area (TPSA) is 71.8 Å². The largest absolute Gasteiger partial charge is 0.493 e. The summed E-state index contributed by atoms with van der Waals surface area (Å²) in [6.45, 7) is 3.21. The number of rotatable bonds is 5. The molecular formula is C26H23BrN2O4. The fraction of sp³-hybridized carbons (Fsp3) is 0.231. The van der Waals surface area contributed by atoms with Gasteiger partial charge in [-0.25, -0.2) is 0 Å². The molecule has 2 heterocycles. The van der Waals surface area contributed by atoms with E-state index in [1.807, 2.05) is 71.0 Å². The van der Waals surface area contributed by atoms with Gasteiger partial charge in [0.1, 0.15) is 12.3 Å². The summed E-state index contributed by atoms with van der Waals surface area (Å²) in [5.74, 6) is -0.369. The summed E-state index contributed by atoms with van der Waals surface area (Å²) in [7, 11) is 0. The molecule has 0 aliphatic carbocycles. The number of carbonyl (C=O) groups is 2. The summed E-state index contributed by atoms with van der Waals surface area (Å²) < 4.78 is 8.62. The van der Waals surface area contributed by atoms with Crippen LogP contribution in [0.4, 0.5) is 0 Å². The van der Waals surface area contributed by atoms with Gasteiger partial charge in [0.25, 0.3) is 5.91 Å². The first-order valence-electron chi connectivity index (χ1n) is 10.9. The van der Waals surface area contributed by atoms with Gasteiger partial charge in [-0.2, -0.15) is 0 Å². The molecule has 1 amide bonds.